The zero-order valence-corrected chi connectivity index (χ0v) is 21.1. The molecule has 0 fully saturated rings. The number of carboxylic acids is 1. The summed E-state index contributed by atoms with van der Waals surface area (Å²) in [4.78, 5) is 25.0. The van der Waals surface area contributed by atoms with Gasteiger partial charge in [0.25, 0.3) is 0 Å². The van der Waals surface area contributed by atoms with Crippen LogP contribution in [0, 0.1) is 0 Å². The van der Waals surface area contributed by atoms with Gasteiger partial charge >= 0.3 is 12.1 Å². The van der Waals surface area contributed by atoms with Crippen molar-refractivity contribution in [2.24, 2.45) is 0 Å². The number of hydrogen-bond acceptors (Lipinski definition) is 3. The van der Waals surface area contributed by atoms with E-state index >= 15 is 0 Å². The lowest BCUT2D eigenvalue weighted by molar-refractivity contribution is -0.139. The molecule has 5 nitrogen and oxygen atoms in total. The molecule has 0 unspecified atom stereocenters. The molecule has 0 heterocycles. The van der Waals surface area contributed by atoms with Crippen LogP contribution < -0.4 is 5.32 Å². The van der Waals surface area contributed by atoms with Crippen LogP contribution in [0.2, 0.25) is 0 Å². The van der Waals surface area contributed by atoms with Crippen LogP contribution in [0.1, 0.15) is 22.6 Å². The Morgan fingerprint density at radius 2 is 1.26 bits per heavy atom. The fourth-order valence-electron chi connectivity index (χ4n) is 6.15. The standard InChI is InChI=1S/C34H25NO4/c36-33(37)30(18-20-16-23-14-12-21-6-5-7-22-13-15-24(17-20)32(23)31(21)22)35-34(38)39-19-29-27-10-3-1-8-25(27)26-9-2-4-11-28(26)29/h1-17,29-30H,18-19H2,(H,35,38)(H,36,37)/t30-/m0/s1. The quantitative estimate of drug-likeness (QED) is 0.234. The first-order chi connectivity index (χ1) is 19.1. The minimum Gasteiger partial charge on any atom is -0.480 e. The highest BCUT2D eigenvalue weighted by Crippen LogP contribution is 2.44. The van der Waals surface area contributed by atoms with E-state index in [4.69, 9.17) is 4.74 Å². The molecule has 39 heavy (non-hydrogen) atoms. The van der Waals surface area contributed by atoms with Gasteiger partial charge in [0.05, 0.1) is 0 Å². The van der Waals surface area contributed by atoms with Crippen molar-refractivity contribution in [3.8, 4) is 11.1 Å². The minimum absolute atomic E-state index is 0.0912. The summed E-state index contributed by atoms with van der Waals surface area (Å²) >= 11 is 0. The minimum atomic E-state index is -1.12. The van der Waals surface area contributed by atoms with Gasteiger partial charge in [0, 0.05) is 12.3 Å². The number of ether oxygens (including phenoxy) is 1. The molecule has 0 spiro atoms. The number of carboxylic acid groups (broad SMARTS) is 1. The highest BCUT2D eigenvalue weighted by Gasteiger charge is 2.30. The lowest BCUT2D eigenvalue weighted by atomic mass is 9.91. The van der Waals surface area contributed by atoms with Crippen molar-refractivity contribution in [3.05, 3.63) is 120 Å². The van der Waals surface area contributed by atoms with E-state index in [-0.39, 0.29) is 18.9 Å². The molecule has 0 radical (unpaired) electrons. The van der Waals surface area contributed by atoms with E-state index in [1.54, 1.807) is 0 Å². The normalized spacial score (nSPS) is 13.4. The lowest BCUT2D eigenvalue weighted by Gasteiger charge is -2.18. The largest absolute Gasteiger partial charge is 0.480 e. The second kappa shape index (κ2) is 9.14. The Labute approximate surface area is 225 Å². The molecule has 1 aliphatic rings. The average Bonchev–Trinajstić information content (AvgIpc) is 3.28. The van der Waals surface area contributed by atoms with Crippen LogP contribution in [-0.4, -0.2) is 29.8 Å². The Hall–Kier alpha value is -4.90. The summed E-state index contributed by atoms with van der Waals surface area (Å²) in [5, 5.41) is 19.4. The van der Waals surface area contributed by atoms with Gasteiger partial charge in [-0.25, -0.2) is 9.59 Å². The number of carbonyl (C=O) groups excluding carboxylic acids is 1. The van der Waals surface area contributed by atoms with Crippen LogP contribution in [-0.2, 0) is 16.0 Å². The zero-order valence-electron chi connectivity index (χ0n) is 21.1. The molecule has 5 heteroatoms. The van der Waals surface area contributed by atoms with Crippen LogP contribution in [0.3, 0.4) is 0 Å². The van der Waals surface area contributed by atoms with Crippen molar-refractivity contribution in [3.63, 3.8) is 0 Å². The molecule has 0 saturated heterocycles. The molecule has 1 amide bonds. The number of amides is 1. The number of fused-ring (bicyclic) bond motifs is 3. The second-order valence-electron chi connectivity index (χ2n) is 10.2. The number of benzene rings is 6. The first kappa shape index (κ1) is 23.2. The van der Waals surface area contributed by atoms with E-state index in [2.05, 4.69) is 59.9 Å². The highest BCUT2D eigenvalue weighted by atomic mass is 16.5. The molecule has 0 aromatic heterocycles. The van der Waals surface area contributed by atoms with Gasteiger partial charge in [-0.2, -0.15) is 0 Å². The van der Waals surface area contributed by atoms with Crippen LogP contribution >= 0.6 is 0 Å². The molecule has 6 aromatic rings. The fraction of sp³-hybridized carbons (Fsp3) is 0.118. The van der Waals surface area contributed by atoms with E-state index < -0.39 is 18.1 Å². The number of alkyl carbamates (subject to hydrolysis) is 1. The summed E-state index contributed by atoms with van der Waals surface area (Å²) in [5.41, 5.74) is 5.33. The van der Waals surface area contributed by atoms with Crippen LogP contribution in [0.4, 0.5) is 4.79 Å². The highest BCUT2D eigenvalue weighted by molar-refractivity contribution is 6.23. The van der Waals surface area contributed by atoms with E-state index in [9.17, 15) is 14.7 Å². The van der Waals surface area contributed by atoms with Gasteiger partial charge in [-0.1, -0.05) is 103 Å². The topological polar surface area (TPSA) is 75.6 Å². The molecule has 0 bridgehead atoms. The van der Waals surface area contributed by atoms with Crippen LogP contribution in [0.25, 0.3) is 43.4 Å². The van der Waals surface area contributed by atoms with E-state index in [0.29, 0.717) is 0 Å². The molecular weight excluding hydrogens is 486 g/mol. The molecule has 0 saturated carbocycles. The number of carbonyl (C=O) groups is 2. The maximum atomic E-state index is 12.8. The summed E-state index contributed by atoms with van der Waals surface area (Å²) in [5.74, 6) is -1.19. The third kappa shape index (κ3) is 3.94. The van der Waals surface area contributed by atoms with Gasteiger partial charge in [0.1, 0.15) is 12.6 Å². The van der Waals surface area contributed by atoms with Gasteiger partial charge < -0.3 is 15.2 Å². The van der Waals surface area contributed by atoms with Crippen LogP contribution in [0.15, 0.2) is 103 Å². The molecule has 2 N–H and O–H groups in total. The monoisotopic (exact) mass is 511 g/mol. The predicted molar refractivity (Wildman–Crippen MR) is 153 cm³/mol. The van der Waals surface area contributed by atoms with E-state index in [1.165, 1.54) is 21.5 Å². The Kier molecular flexibility index (Phi) is 5.44. The predicted octanol–water partition coefficient (Wildman–Crippen LogP) is 7.12. The van der Waals surface area contributed by atoms with Crippen molar-refractivity contribution in [2.75, 3.05) is 6.61 Å². The summed E-state index contributed by atoms with van der Waals surface area (Å²) in [7, 11) is 0. The molecule has 0 aliphatic heterocycles. The van der Waals surface area contributed by atoms with Gasteiger partial charge in [0.15, 0.2) is 0 Å². The maximum Gasteiger partial charge on any atom is 0.407 e. The van der Waals surface area contributed by atoms with Gasteiger partial charge in [-0.3, -0.25) is 0 Å². The van der Waals surface area contributed by atoms with Crippen LogP contribution in [0.5, 0.6) is 0 Å². The summed E-state index contributed by atoms with van der Waals surface area (Å²) in [6.07, 6.45) is -0.586. The number of nitrogens with one attached hydrogen (secondary N) is 1. The van der Waals surface area contributed by atoms with Crippen molar-refractivity contribution in [2.45, 2.75) is 18.4 Å². The molecule has 7 rings (SSSR count). The summed E-state index contributed by atoms with van der Waals surface area (Å²) < 4.78 is 5.60. The molecule has 190 valence electrons. The first-order valence-electron chi connectivity index (χ1n) is 13.1. The zero-order chi connectivity index (χ0) is 26.5. The maximum absolute atomic E-state index is 12.8. The summed E-state index contributed by atoms with van der Waals surface area (Å²) in [6.45, 7) is 0.131. The van der Waals surface area contributed by atoms with Gasteiger partial charge in [-0.05, 0) is 60.1 Å². The van der Waals surface area contributed by atoms with E-state index in [1.807, 2.05) is 48.5 Å². The molecule has 6 aromatic carbocycles. The smallest absolute Gasteiger partial charge is 0.407 e. The molecule has 1 aliphatic carbocycles. The Balaban J connectivity index is 1.10. The van der Waals surface area contributed by atoms with E-state index in [0.717, 1.165) is 38.6 Å². The third-order valence-electron chi connectivity index (χ3n) is 7.90. The van der Waals surface area contributed by atoms with Gasteiger partial charge in [-0.15, -0.1) is 0 Å². The number of rotatable bonds is 6. The van der Waals surface area contributed by atoms with Crippen molar-refractivity contribution >= 4 is 44.4 Å². The Morgan fingerprint density at radius 1 is 0.718 bits per heavy atom. The fourth-order valence-corrected chi connectivity index (χ4v) is 6.15. The first-order valence-corrected chi connectivity index (χ1v) is 13.1. The second-order valence-corrected chi connectivity index (χ2v) is 10.2. The Bertz CT molecular complexity index is 1780. The molecular formula is C34H25NO4. The average molecular weight is 512 g/mol. The van der Waals surface area contributed by atoms with Crippen molar-refractivity contribution < 1.29 is 19.4 Å². The third-order valence-corrected chi connectivity index (χ3v) is 7.90. The van der Waals surface area contributed by atoms with Gasteiger partial charge in [0.2, 0.25) is 0 Å². The molecule has 1 atom stereocenters. The summed E-state index contributed by atoms with van der Waals surface area (Å²) in [6, 6.07) is 33.7. The number of hydrogen-bond donors (Lipinski definition) is 2. The Morgan fingerprint density at radius 3 is 1.85 bits per heavy atom. The SMILES string of the molecule is O=C(N[C@@H](Cc1cc2ccc3cccc4ccc(c1)c2c34)C(=O)O)OCC1c2ccccc2-c2ccccc21. The van der Waals surface area contributed by atoms with Crippen molar-refractivity contribution in [1.29, 1.82) is 0 Å². The lowest BCUT2D eigenvalue weighted by Crippen LogP contribution is -2.42. The van der Waals surface area contributed by atoms with Crippen molar-refractivity contribution in [1.82, 2.24) is 5.32 Å². The number of aliphatic carboxylic acids is 1.